The van der Waals surface area contributed by atoms with Crippen LogP contribution in [0.25, 0.3) is 32.9 Å². The van der Waals surface area contributed by atoms with Gasteiger partial charge in [0.1, 0.15) is 35.6 Å². The number of halogens is 2. The molecule has 8 rings (SSSR count). The van der Waals surface area contributed by atoms with Crippen molar-refractivity contribution < 1.29 is 23.7 Å². The number of hydrogen-bond acceptors (Lipinski definition) is 8. The Morgan fingerprint density at radius 2 is 2.05 bits per heavy atom. The number of aliphatic hydroxyl groups is 1. The molecule has 0 spiro atoms. The van der Waals surface area contributed by atoms with Gasteiger partial charge in [0.15, 0.2) is 5.82 Å². The Morgan fingerprint density at radius 1 is 1.16 bits per heavy atom. The van der Waals surface area contributed by atoms with Crippen LogP contribution in [-0.2, 0) is 6.42 Å². The number of nitrogens with zero attached hydrogens (tertiary/aromatic N) is 5. The fourth-order valence-electron chi connectivity index (χ4n) is 8.01. The maximum Gasteiger partial charge on any atom is 0.319 e. The van der Waals surface area contributed by atoms with E-state index in [1.165, 1.54) is 0 Å². The van der Waals surface area contributed by atoms with Crippen molar-refractivity contribution in [2.75, 3.05) is 31.1 Å². The summed E-state index contributed by atoms with van der Waals surface area (Å²) in [6.45, 7) is 3.89. The van der Waals surface area contributed by atoms with Crippen LogP contribution in [0.5, 0.6) is 11.8 Å². The monoisotopic (exact) mass is 587 g/mol. The van der Waals surface area contributed by atoms with Crippen LogP contribution < -0.4 is 9.64 Å². The number of alkyl halides is 1. The number of pyridine rings is 1. The molecule has 2 N–H and O–H groups in total. The maximum atomic E-state index is 16.8. The molecule has 43 heavy (non-hydrogen) atoms. The van der Waals surface area contributed by atoms with E-state index in [1.54, 1.807) is 18.3 Å². The number of rotatable bonds is 6. The molecule has 4 aromatic rings. The van der Waals surface area contributed by atoms with Gasteiger partial charge >= 0.3 is 6.01 Å². The molecule has 5 heterocycles. The zero-order valence-electron chi connectivity index (χ0n) is 24.1. The van der Waals surface area contributed by atoms with Crippen molar-refractivity contribution in [3.63, 3.8) is 0 Å². The Kier molecular flexibility index (Phi) is 6.24. The highest BCUT2D eigenvalue weighted by Crippen LogP contribution is 2.47. The van der Waals surface area contributed by atoms with Crippen LogP contribution in [0.1, 0.15) is 44.6 Å². The number of aromatic hydroxyl groups is 1. The van der Waals surface area contributed by atoms with Crippen molar-refractivity contribution in [3.8, 4) is 23.0 Å². The van der Waals surface area contributed by atoms with E-state index in [0.29, 0.717) is 42.2 Å². The SMILES string of the molecule is CCc1cccc2cc(O)cc(-c3ncc4c(N5CC(O)CC6CC65)nc(OC[C@@]56CCCN5C[C@H](F)C6)nc4c3F)c12. The maximum absolute atomic E-state index is 16.8. The van der Waals surface area contributed by atoms with Crippen LogP contribution >= 0.6 is 0 Å². The van der Waals surface area contributed by atoms with Crippen LogP contribution in [0.3, 0.4) is 0 Å². The first kappa shape index (κ1) is 27.0. The molecule has 224 valence electrons. The topological polar surface area (TPSA) is 94.8 Å². The second kappa shape index (κ2) is 9.95. The predicted molar refractivity (Wildman–Crippen MR) is 160 cm³/mol. The molecule has 8 nitrogen and oxygen atoms in total. The molecule has 5 atom stereocenters. The van der Waals surface area contributed by atoms with Crippen LogP contribution in [0.2, 0.25) is 0 Å². The molecule has 0 bridgehead atoms. The third-order valence-electron chi connectivity index (χ3n) is 10.1. The summed E-state index contributed by atoms with van der Waals surface area (Å²) in [6.07, 6.45) is 4.84. The van der Waals surface area contributed by atoms with Crippen molar-refractivity contribution in [1.29, 1.82) is 0 Å². The van der Waals surface area contributed by atoms with Gasteiger partial charge in [0.05, 0.1) is 17.0 Å². The van der Waals surface area contributed by atoms with Gasteiger partial charge in [-0.3, -0.25) is 9.88 Å². The number of fused-ring (bicyclic) bond motifs is 4. The molecule has 2 aromatic heterocycles. The Morgan fingerprint density at radius 3 is 2.91 bits per heavy atom. The first-order chi connectivity index (χ1) is 20.8. The number of aromatic nitrogens is 3. The number of hydrogen-bond donors (Lipinski definition) is 2. The number of β-amino-alcohol motifs (C(OH)–C–C–N with tert-alkyl or cyclic N) is 1. The molecule has 2 aromatic carbocycles. The average Bonchev–Trinajstić information content (AvgIpc) is 3.56. The second-order valence-corrected chi connectivity index (χ2v) is 12.8. The lowest BCUT2D eigenvalue weighted by Gasteiger charge is -2.32. The summed E-state index contributed by atoms with van der Waals surface area (Å²) in [6, 6.07) is 9.30. The predicted octanol–water partition coefficient (Wildman–Crippen LogP) is 5.17. The molecule has 1 saturated carbocycles. The number of phenolic OH excluding ortho intramolecular Hbond substituents is 1. The molecule has 4 fully saturated rings. The molecule has 4 aliphatic rings. The fraction of sp³-hybridized carbons (Fsp3) is 0.485. The standard InChI is InChI=1S/C33H35F2N5O3/c1-2-18-5-3-6-19-9-22(41)12-24(27(18)19)29-28(35)30-25(14-36-29)31(40-16-23(42)10-20-11-26(20)40)38-32(37-30)43-17-33-7-4-8-39(33)15-21(34)13-33/h3,5-6,9,12,14,20-21,23,26,41-42H,2,4,7-8,10-11,13,15-17H2,1H3/t20?,21-,23?,26?,33+/m1/s1. The molecule has 3 aliphatic heterocycles. The lowest BCUT2D eigenvalue weighted by molar-refractivity contribution is 0.107. The first-order valence-electron chi connectivity index (χ1n) is 15.4. The number of phenols is 1. The third kappa shape index (κ3) is 4.40. The van der Waals surface area contributed by atoms with Gasteiger partial charge in [-0.15, -0.1) is 0 Å². The van der Waals surface area contributed by atoms with E-state index in [1.807, 2.05) is 30.0 Å². The number of ether oxygens (including phenoxy) is 1. The minimum Gasteiger partial charge on any atom is -0.508 e. The van der Waals surface area contributed by atoms with Gasteiger partial charge in [-0.25, -0.2) is 8.78 Å². The largest absolute Gasteiger partial charge is 0.508 e. The number of anilines is 1. The summed E-state index contributed by atoms with van der Waals surface area (Å²) in [4.78, 5) is 18.2. The fourth-order valence-corrected chi connectivity index (χ4v) is 8.01. The molecular formula is C33H35F2N5O3. The third-order valence-corrected chi connectivity index (χ3v) is 10.1. The van der Waals surface area contributed by atoms with Crippen molar-refractivity contribution in [3.05, 3.63) is 47.9 Å². The summed E-state index contributed by atoms with van der Waals surface area (Å²) in [7, 11) is 0. The van der Waals surface area contributed by atoms with E-state index < -0.39 is 23.6 Å². The Hall–Kier alpha value is -3.63. The van der Waals surface area contributed by atoms with Crippen LogP contribution in [-0.4, -0.2) is 80.2 Å². The van der Waals surface area contributed by atoms with Crippen molar-refractivity contribution >= 4 is 27.5 Å². The highest BCUT2D eigenvalue weighted by molar-refractivity contribution is 6.01. The second-order valence-electron chi connectivity index (χ2n) is 12.8. The zero-order valence-corrected chi connectivity index (χ0v) is 24.1. The number of piperidine rings is 1. The van der Waals surface area contributed by atoms with Crippen LogP contribution in [0, 0.1) is 11.7 Å². The van der Waals surface area contributed by atoms with E-state index in [9.17, 15) is 14.6 Å². The minimum absolute atomic E-state index is 0.0228. The van der Waals surface area contributed by atoms with Crippen LogP contribution in [0.4, 0.5) is 14.6 Å². The van der Waals surface area contributed by atoms with E-state index >= 15 is 4.39 Å². The van der Waals surface area contributed by atoms with E-state index in [2.05, 4.69) is 14.9 Å². The Bertz CT molecular complexity index is 1750. The highest BCUT2D eigenvalue weighted by atomic mass is 19.1. The van der Waals surface area contributed by atoms with E-state index in [4.69, 9.17) is 9.72 Å². The highest BCUT2D eigenvalue weighted by Gasteiger charge is 2.50. The normalized spacial score (nSPS) is 28.4. The first-order valence-corrected chi connectivity index (χ1v) is 15.4. The van der Waals surface area contributed by atoms with Crippen molar-refractivity contribution in [2.24, 2.45) is 5.92 Å². The summed E-state index contributed by atoms with van der Waals surface area (Å²) in [5.41, 5.74) is 1.27. The molecule has 10 heteroatoms. The van der Waals surface area contributed by atoms with Crippen molar-refractivity contribution in [1.82, 2.24) is 19.9 Å². The number of benzene rings is 2. The van der Waals surface area contributed by atoms with Gasteiger partial charge in [-0.05, 0) is 73.0 Å². The summed E-state index contributed by atoms with van der Waals surface area (Å²) >= 11 is 0. The van der Waals surface area contributed by atoms with Gasteiger partial charge in [0, 0.05) is 37.3 Å². The van der Waals surface area contributed by atoms with Crippen molar-refractivity contribution in [2.45, 2.75) is 69.3 Å². The molecule has 3 unspecified atom stereocenters. The number of aliphatic hydroxyl groups excluding tert-OH is 1. The van der Waals surface area contributed by atoms with Crippen LogP contribution in [0.15, 0.2) is 36.5 Å². The molecule has 0 amide bonds. The Labute approximate surface area is 248 Å². The smallest absolute Gasteiger partial charge is 0.319 e. The lowest BCUT2D eigenvalue weighted by atomic mass is 9.95. The zero-order chi connectivity index (χ0) is 29.5. The summed E-state index contributed by atoms with van der Waals surface area (Å²) < 4.78 is 37.4. The van der Waals surface area contributed by atoms with Gasteiger partial charge in [-0.2, -0.15) is 9.97 Å². The molecule has 3 saturated heterocycles. The average molecular weight is 588 g/mol. The molecule has 1 aliphatic carbocycles. The Balaban J connectivity index is 1.27. The quantitative estimate of drug-likeness (QED) is 0.319. The van der Waals surface area contributed by atoms with Gasteiger partial charge in [0.25, 0.3) is 0 Å². The minimum atomic E-state index is -0.894. The summed E-state index contributed by atoms with van der Waals surface area (Å²) in [5, 5.41) is 23.3. The number of aryl methyl sites for hydroxylation is 1. The van der Waals surface area contributed by atoms with Gasteiger partial charge in [-0.1, -0.05) is 25.1 Å². The lowest BCUT2D eigenvalue weighted by Crippen LogP contribution is -2.43. The van der Waals surface area contributed by atoms with E-state index in [0.717, 1.165) is 55.0 Å². The van der Waals surface area contributed by atoms with Gasteiger partial charge < -0.3 is 19.8 Å². The summed E-state index contributed by atoms with van der Waals surface area (Å²) in [5.74, 6) is 0.260. The van der Waals surface area contributed by atoms with E-state index in [-0.39, 0.29) is 35.6 Å². The van der Waals surface area contributed by atoms with Gasteiger partial charge in [0.2, 0.25) is 0 Å². The molecule has 0 radical (unpaired) electrons. The molecular weight excluding hydrogens is 552 g/mol.